The van der Waals surface area contributed by atoms with Gasteiger partial charge < -0.3 is 25.8 Å². The lowest BCUT2D eigenvalue weighted by atomic mass is 10.0. The summed E-state index contributed by atoms with van der Waals surface area (Å²) in [7, 11) is 0. The summed E-state index contributed by atoms with van der Waals surface area (Å²) in [6.07, 6.45) is 3.82. The van der Waals surface area contributed by atoms with Crippen molar-refractivity contribution >= 4 is 74.8 Å². The van der Waals surface area contributed by atoms with Crippen LogP contribution in [0.15, 0.2) is 37.7 Å². The second kappa shape index (κ2) is 10.3. The number of carbonyl (C=O) groups excluding carboxylic acids is 3. The highest BCUT2D eigenvalue weighted by Crippen LogP contribution is 2.40. The molecule has 180 valence electrons. The minimum Gasteiger partial charge on any atom is -0.543 e. The van der Waals surface area contributed by atoms with Gasteiger partial charge in [0, 0.05) is 16.7 Å². The number of amides is 2. The van der Waals surface area contributed by atoms with Crippen molar-refractivity contribution in [3.63, 3.8) is 0 Å². The third-order valence-corrected chi connectivity index (χ3v) is 9.05. The van der Waals surface area contributed by atoms with Gasteiger partial charge in [0.1, 0.15) is 23.7 Å². The summed E-state index contributed by atoms with van der Waals surface area (Å²) in [6.45, 7) is 2.27. The zero-order valence-electron chi connectivity index (χ0n) is 18.0. The summed E-state index contributed by atoms with van der Waals surface area (Å²) < 4.78 is 2.95. The minimum absolute atomic E-state index is 0.114. The summed E-state index contributed by atoms with van der Waals surface area (Å²) in [5.74, 6) is -2.24. The van der Waals surface area contributed by atoms with Gasteiger partial charge in [0.25, 0.3) is 16.2 Å². The van der Waals surface area contributed by atoms with Gasteiger partial charge in [0.05, 0.1) is 17.0 Å². The second-order valence-electron chi connectivity index (χ2n) is 7.03. The van der Waals surface area contributed by atoms with E-state index in [2.05, 4.69) is 15.5 Å². The molecule has 2 aliphatic rings. The lowest BCUT2D eigenvalue weighted by molar-refractivity contribution is -0.718. The smallest absolute Gasteiger partial charge is 0.297 e. The van der Waals surface area contributed by atoms with E-state index in [4.69, 9.17) is 10.6 Å². The number of thiazole rings is 2. The Morgan fingerprint density at radius 1 is 1.47 bits per heavy atom. The average Bonchev–Trinajstić information content (AvgIpc) is 3.45. The van der Waals surface area contributed by atoms with E-state index in [1.54, 1.807) is 35.4 Å². The molecule has 1 fully saturated rings. The first-order valence-electron chi connectivity index (χ1n) is 9.96. The standard InChI is InChI=1S/C19H20N6O5S4/c1-3-30-23-11(10-8-34-18(20)21-10)14(26)22-12-15(27)25-13(17(28)29)9(7-33-16(12)25)6-24-4-5-32-19(24)31-2/h4-5,8,12,16H,3,6-7H2,1-2H3,(H3-,20,21,22,26,28,29)/b23-11+/t12?,16-/m1/s1. The quantitative estimate of drug-likeness (QED) is 0.143. The summed E-state index contributed by atoms with van der Waals surface area (Å²) in [4.78, 5) is 48.2. The van der Waals surface area contributed by atoms with Crippen molar-refractivity contribution in [2.45, 2.75) is 29.2 Å². The number of nitrogen functional groups attached to an aromatic ring is 1. The monoisotopic (exact) mass is 540 g/mol. The molecule has 34 heavy (non-hydrogen) atoms. The summed E-state index contributed by atoms with van der Waals surface area (Å²) >= 11 is 5.63. The van der Waals surface area contributed by atoms with Crippen LogP contribution in [-0.4, -0.2) is 63.4 Å². The predicted molar refractivity (Wildman–Crippen MR) is 128 cm³/mol. The number of thioether (sulfide) groups is 2. The number of carbonyl (C=O) groups is 3. The van der Waals surface area contributed by atoms with E-state index in [-0.39, 0.29) is 28.8 Å². The van der Waals surface area contributed by atoms with Crippen LogP contribution in [0.25, 0.3) is 0 Å². The van der Waals surface area contributed by atoms with Crippen molar-refractivity contribution in [2.24, 2.45) is 5.16 Å². The number of aliphatic carboxylic acids is 1. The fourth-order valence-corrected chi connectivity index (χ4v) is 6.89. The molecule has 1 unspecified atom stereocenters. The van der Waals surface area contributed by atoms with Gasteiger partial charge in [0.2, 0.25) is 0 Å². The normalized spacial score (nSPS) is 20.1. The largest absolute Gasteiger partial charge is 0.543 e. The number of rotatable bonds is 9. The third kappa shape index (κ3) is 4.64. The van der Waals surface area contributed by atoms with Crippen LogP contribution in [0.2, 0.25) is 0 Å². The molecule has 0 bridgehead atoms. The maximum Gasteiger partial charge on any atom is 0.297 e. The van der Waals surface area contributed by atoms with Gasteiger partial charge in [-0.15, -0.1) is 23.1 Å². The number of oxime groups is 1. The number of nitrogens with two attached hydrogens (primary N) is 1. The zero-order chi connectivity index (χ0) is 24.4. The van der Waals surface area contributed by atoms with Crippen LogP contribution in [0.3, 0.4) is 0 Å². The van der Waals surface area contributed by atoms with Crippen molar-refractivity contribution < 1.29 is 28.9 Å². The maximum absolute atomic E-state index is 13.0. The number of nitrogens with zero attached hydrogens (tertiary/aromatic N) is 4. The molecule has 0 spiro atoms. The minimum atomic E-state index is -1.42. The van der Waals surface area contributed by atoms with Crippen LogP contribution in [0.1, 0.15) is 12.6 Å². The molecule has 4 rings (SSSR count). The first kappa shape index (κ1) is 24.5. The Morgan fingerprint density at radius 2 is 2.26 bits per heavy atom. The van der Waals surface area contributed by atoms with Crippen molar-refractivity contribution in [3.8, 4) is 0 Å². The first-order valence-corrected chi connectivity index (χ1v) is 14.0. The molecule has 0 aromatic carbocycles. The Balaban J connectivity index is 1.54. The number of nitrogens with one attached hydrogen (secondary N) is 1. The highest BCUT2D eigenvalue weighted by molar-refractivity contribution is 8.00. The molecule has 0 aliphatic carbocycles. The predicted octanol–water partition coefficient (Wildman–Crippen LogP) is -0.359. The van der Waals surface area contributed by atoms with E-state index in [9.17, 15) is 19.5 Å². The van der Waals surface area contributed by atoms with Crippen LogP contribution in [0.4, 0.5) is 5.13 Å². The molecule has 2 aromatic rings. The molecular formula is C19H20N6O5S4. The Kier molecular flexibility index (Phi) is 7.45. The van der Waals surface area contributed by atoms with Crippen LogP contribution in [-0.2, 0) is 25.8 Å². The van der Waals surface area contributed by atoms with Crippen LogP contribution in [0.5, 0.6) is 0 Å². The number of hydrogen-bond acceptors (Lipinski definition) is 12. The van der Waals surface area contributed by atoms with E-state index in [1.165, 1.54) is 16.7 Å². The van der Waals surface area contributed by atoms with Gasteiger partial charge in [-0.25, -0.2) is 4.98 Å². The van der Waals surface area contributed by atoms with Gasteiger partial charge in [0.15, 0.2) is 23.6 Å². The van der Waals surface area contributed by atoms with Crippen LogP contribution >= 0.6 is 46.2 Å². The molecule has 0 radical (unpaired) electrons. The van der Waals surface area contributed by atoms with E-state index < -0.39 is 29.2 Å². The van der Waals surface area contributed by atoms with Crippen molar-refractivity contribution in [2.75, 3.05) is 24.3 Å². The summed E-state index contributed by atoms with van der Waals surface area (Å²) in [6, 6.07) is -0.924. The molecule has 0 saturated carbocycles. The van der Waals surface area contributed by atoms with E-state index in [0.29, 0.717) is 17.9 Å². The van der Waals surface area contributed by atoms with Crippen molar-refractivity contribution in [1.29, 1.82) is 0 Å². The number of β-lactam (4-membered cyclic amide) rings is 1. The molecule has 2 amide bonds. The summed E-state index contributed by atoms with van der Waals surface area (Å²) in [5.41, 5.74) is 6.21. The number of aromatic nitrogens is 2. The lowest BCUT2D eigenvalue weighted by Gasteiger charge is -2.50. The zero-order valence-corrected chi connectivity index (χ0v) is 21.3. The summed E-state index contributed by atoms with van der Waals surface area (Å²) in [5, 5.41) is 21.6. The molecule has 3 N–H and O–H groups in total. The number of carboxylic acids is 1. The topological polar surface area (TPSA) is 154 Å². The molecule has 2 aromatic heterocycles. The van der Waals surface area contributed by atoms with Gasteiger partial charge in [-0.05, 0) is 24.9 Å². The maximum atomic E-state index is 13.0. The number of hydrogen-bond donors (Lipinski definition) is 2. The van der Waals surface area contributed by atoms with Crippen LogP contribution in [0, 0.1) is 0 Å². The second-order valence-corrected chi connectivity index (χ2v) is 11.0. The molecule has 2 atom stereocenters. The third-order valence-electron chi connectivity index (χ3n) is 4.97. The molecule has 15 heteroatoms. The van der Waals surface area contributed by atoms with Gasteiger partial charge in [-0.2, -0.15) is 4.57 Å². The van der Waals surface area contributed by atoms with E-state index in [1.807, 2.05) is 22.4 Å². The van der Waals surface area contributed by atoms with E-state index in [0.717, 1.165) is 15.7 Å². The Hall–Kier alpha value is -2.62. The molecular weight excluding hydrogens is 521 g/mol. The highest BCUT2D eigenvalue weighted by Gasteiger charge is 2.53. The first-order chi connectivity index (χ1) is 16.3. The number of fused-ring (bicyclic) bond motifs is 1. The fraction of sp³-hybridized carbons (Fsp3) is 0.368. The molecule has 2 aliphatic heterocycles. The SMILES string of the molecule is CCO/N=C(/C(=O)NC1C(=O)N2C(C(=O)[O-])=C(C[n+]3ccsc3SC)CS[C@H]12)c1csc(N)n1. The Labute approximate surface area is 211 Å². The lowest BCUT2D eigenvalue weighted by Crippen LogP contribution is -2.71. The fourth-order valence-electron chi connectivity index (χ4n) is 3.51. The van der Waals surface area contributed by atoms with Crippen molar-refractivity contribution in [1.82, 2.24) is 15.2 Å². The number of anilines is 1. The van der Waals surface area contributed by atoms with Crippen LogP contribution < -0.4 is 20.7 Å². The van der Waals surface area contributed by atoms with Gasteiger partial charge in [-0.3, -0.25) is 14.5 Å². The van der Waals surface area contributed by atoms with E-state index >= 15 is 0 Å². The molecule has 11 nitrogen and oxygen atoms in total. The highest BCUT2D eigenvalue weighted by atomic mass is 32.2. The van der Waals surface area contributed by atoms with Gasteiger partial charge >= 0.3 is 0 Å². The molecule has 4 heterocycles. The molecule has 1 saturated heterocycles. The van der Waals surface area contributed by atoms with Crippen molar-refractivity contribution in [3.05, 3.63) is 33.9 Å². The average molecular weight is 541 g/mol. The van der Waals surface area contributed by atoms with Gasteiger partial charge in [-0.1, -0.05) is 16.5 Å². The Morgan fingerprint density at radius 3 is 2.91 bits per heavy atom. The Bertz CT molecular complexity index is 1190. The number of carboxylic acid groups (broad SMARTS) is 1.